The van der Waals surface area contributed by atoms with E-state index in [4.69, 9.17) is 0 Å². The molecule has 1 amide bonds. The molecule has 1 saturated heterocycles. The van der Waals surface area contributed by atoms with Gasteiger partial charge in [-0.15, -0.1) is 11.3 Å². The summed E-state index contributed by atoms with van der Waals surface area (Å²) in [6.45, 7) is 7.06. The molecule has 15 heavy (non-hydrogen) atoms. The van der Waals surface area contributed by atoms with E-state index in [1.54, 1.807) is 11.3 Å². The van der Waals surface area contributed by atoms with Crippen LogP contribution in [0.4, 0.5) is 5.13 Å². The minimum atomic E-state index is -0.0616. The molecule has 5 heteroatoms. The number of aromatic nitrogens is 1. The predicted molar refractivity (Wildman–Crippen MR) is 60.9 cm³/mol. The van der Waals surface area contributed by atoms with Gasteiger partial charge in [0.1, 0.15) is 0 Å². The van der Waals surface area contributed by atoms with E-state index in [0.29, 0.717) is 5.13 Å². The fourth-order valence-corrected chi connectivity index (χ4v) is 2.67. The molecule has 0 unspecified atom stereocenters. The van der Waals surface area contributed by atoms with Crippen molar-refractivity contribution in [2.45, 2.75) is 20.4 Å². The Morgan fingerprint density at radius 2 is 2.47 bits per heavy atom. The molecule has 82 valence electrons. The number of likely N-dealkylation sites (tertiary alicyclic amines) is 1. The van der Waals surface area contributed by atoms with Crippen molar-refractivity contribution in [3.05, 3.63) is 11.1 Å². The highest BCUT2D eigenvalue weighted by Gasteiger charge is 2.22. The van der Waals surface area contributed by atoms with Crippen LogP contribution in [0.25, 0.3) is 0 Å². The first kappa shape index (κ1) is 10.6. The van der Waals surface area contributed by atoms with E-state index in [2.05, 4.69) is 22.1 Å². The Morgan fingerprint density at radius 1 is 1.73 bits per heavy atom. The van der Waals surface area contributed by atoms with Gasteiger partial charge in [0.25, 0.3) is 0 Å². The molecule has 0 bridgehead atoms. The van der Waals surface area contributed by atoms with Gasteiger partial charge in [0.05, 0.1) is 0 Å². The van der Waals surface area contributed by atoms with Gasteiger partial charge in [-0.2, -0.15) is 0 Å². The Bertz CT molecular complexity index is 357. The van der Waals surface area contributed by atoms with E-state index >= 15 is 0 Å². The van der Waals surface area contributed by atoms with Crippen LogP contribution in [0.5, 0.6) is 0 Å². The standard InChI is InChI=1S/C10H15N3OS/c1-7-4-13(5-7)6-9-3-11-10(15-9)12-8(2)14/h3,7H,4-6H2,1-2H3,(H,11,12,14). The lowest BCUT2D eigenvalue weighted by molar-refractivity contribution is -0.114. The summed E-state index contributed by atoms with van der Waals surface area (Å²) in [7, 11) is 0. The van der Waals surface area contributed by atoms with Crippen LogP contribution < -0.4 is 5.32 Å². The number of nitrogens with zero attached hydrogens (tertiary/aromatic N) is 2. The van der Waals surface area contributed by atoms with Gasteiger partial charge in [0, 0.05) is 37.6 Å². The second kappa shape index (κ2) is 4.28. The minimum absolute atomic E-state index is 0.0616. The SMILES string of the molecule is CC(=O)Nc1ncc(CN2CC(C)C2)s1. The van der Waals surface area contributed by atoms with E-state index in [9.17, 15) is 4.79 Å². The maximum atomic E-state index is 10.8. The Kier molecular flexibility index (Phi) is 3.02. The molecule has 2 rings (SSSR count). The van der Waals surface area contributed by atoms with Crippen molar-refractivity contribution in [2.75, 3.05) is 18.4 Å². The summed E-state index contributed by atoms with van der Waals surface area (Å²) in [5.74, 6) is 0.765. The summed E-state index contributed by atoms with van der Waals surface area (Å²) in [5.41, 5.74) is 0. The Labute approximate surface area is 93.3 Å². The number of thiazole rings is 1. The lowest BCUT2D eigenvalue weighted by Gasteiger charge is -2.36. The average Bonchev–Trinajstić information content (AvgIpc) is 2.48. The molecule has 1 aliphatic heterocycles. The summed E-state index contributed by atoms with van der Waals surface area (Å²) >= 11 is 1.56. The van der Waals surface area contributed by atoms with Gasteiger partial charge in [-0.05, 0) is 5.92 Å². The Morgan fingerprint density at radius 3 is 3.07 bits per heavy atom. The van der Waals surface area contributed by atoms with E-state index in [1.165, 1.54) is 24.9 Å². The number of hydrogen-bond donors (Lipinski definition) is 1. The number of nitrogens with one attached hydrogen (secondary N) is 1. The number of carbonyl (C=O) groups is 1. The molecule has 1 fully saturated rings. The van der Waals surface area contributed by atoms with Gasteiger partial charge in [-0.25, -0.2) is 4.98 Å². The molecule has 1 N–H and O–H groups in total. The van der Waals surface area contributed by atoms with E-state index in [1.807, 2.05) is 6.20 Å². The van der Waals surface area contributed by atoms with Gasteiger partial charge in [-0.1, -0.05) is 6.92 Å². The fourth-order valence-electron chi connectivity index (χ4n) is 1.77. The Hall–Kier alpha value is -0.940. The zero-order valence-electron chi connectivity index (χ0n) is 8.99. The first-order chi connectivity index (χ1) is 7.13. The molecular formula is C10H15N3OS. The van der Waals surface area contributed by atoms with E-state index in [0.717, 1.165) is 12.5 Å². The first-order valence-electron chi connectivity index (χ1n) is 5.08. The van der Waals surface area contributed by atoms with Crippen LogP contribution in [0.15, 0.2) is 6.20 Å². The van der Waals surface area contributed by atoms with Crippen molar-refractivity contribution in [1.29, 1.82) is 0 Å². The molecule has 0 aromatic carbocycles. The van der Waals surface area contributed by atoms with Crippen molar-refractivity contribution in [3.63, 3.8) is 0 Å². The quantitative estimate of drug-likeness (QED) is 0.849. The molecule has 0 atom stereocenters. The average molecular weight is 225 g/mol. The third-order valence-electron chi connectivity index (χ3n) is 2.36. The molecule has 4 nitrogen and oxygen atoms in total. The first-order valence-corrected chi connectivity index (χ1v) is 5.90. The molecular weight excluding hydrogens is 210 g/mol. The van der Waals surface area contributed by atoms with Crippen LogP contribution in [-0.2, 0) is 11.3 Å². The fraction of sp³-hybridized carbons (Fsp3) is 0.600. The summed E-state index contributed by atoms with van der Waals surface area (Å²) in [6.07, 6.45) is 1.85. The highest BCUT2D eigenvalue weighted by atomic mass is 32.1. The topological polar surface area (TPSA) is 45.2 Å². The van der Waals surface area contributed by atoms with Crippen molar-refractivity contribution in [3.8, 4) is 0 Å². The summed E-state index contributed by atoms with van der Waals surface area (Å²) in [6, 6.07) is 0. The lowest BCUT2D eigenvalue weighted by atomic mass is 10.0. The van der Waals surface area contributed by atoms with Crippen LogP contribution in [-0.4, -0.2) is 28.9 Å². The highest BCUT2D eigenvalue weighted by Crippen LogP contribution is 2.23. The number of rotatable bonds is 3. The van der Waals surface area contributed by atoms with Gasteiger partial charge in [-0.3, -0.25) is 9.69 Å². The largest absolute Gasteiger partial charge is 0.302 e. The third kappa shape index (κ3) is 2.76. The van der Waals surface area contributed by atoms with E-state index < -0.39 is 0 Å². The maximum absolute atomic E-state index is 10.8. The molecule has 0 aliphatic carbocycles. The molecule has 0 spiro atoms. The molecule has 1 aliphatic rings. The van der Waals surface area contributed by atoms with Crippen molar-refractivity contribution >= 4 is 22.4 Å². The van der Waals surface area contributed by atoms with Crippen LogP contribution in [0.2, 0.25) is 0 Å². The Balaban J connectivity index is 1.87. The third-order valence-corrected chi connectivity index (χ3v) is 3.25. The number of amides is 1. The number of hydrogen-bond acceptors (Lipinski definition) is 4. The monoisotopic (exact) mass is 225 g/mol. The van der Waals surface area contributed by atoms with E-state index in [-0.39, 0.29) is 5.91 Å². The minimum Gasteiger partial charge on any atom is -0.302 e. The summed E-state index contributed by atoms with van der Waals surface area (Å²) < 4.78 is 0. The number of anilines is 1. The molecule has 2 heterocycles. The smallest absolute Gasteiger partial charge is 0.223 e. The maximum Gasteiger partial charge on any atom is 0.223 e. The van der Waals surface area contributed by atoms with Crippen LogP contribution in [0, 0.1) is 5.92 Å². The van der Waals surface area contributed by atoms with Crippen LogP contribution >= 0.6 is 11.3 Å². The van der Waals surface area contributed by atoms with Crippen molar-refractivity contribution < 1.29 is 4.79 Å². The number of carbonyl (C=O) groups excluding carboxylic acids is 1. The van der Waals surface area contributed by atoms with Gasteiger partial charge in [0.2, 0.25) is 5.91 Å². The van der Waals surface area contributed by atoms with Gasteiger partial charge in [0.15, 0.2) is 5.13 Å². The second-order valence-corrected chi connectivity index (χ2v) is 5.23. The highest BCUT2D eigenvalue weighted by molar-refractivity contribution is 7.15. The zero-order valence-corrected chi connectivity index (χ0v) is 9.80. The second-order valence-electron chi connectivity index (χ2n) is 4.11. The molecule has 0 saturated carbocycles. The van der Waals surface area contributed by atoms with Gasteiger partial charge >= 0.3 is 0 Å². The van der Waals surface area contributed by atoms with Crippen molar-refractivity contribution in [2.24, 2.45) is 5.92 Å². The molecule has 1 aromatic heterocycles. The van der Waals surface area contributed by atoms with Crippen LogP contribution in [0.1, 0.15) is 18.7 Å². The zero-order chi connectivity index (χ0) is 10.8. The predicted octanol–water partition coefficient (Wildman–Crippen LogP) is 1.55. The van der Waals surface area contributed by atoms with Crippen molar-refractivity contribution in [1.82, 2.24) is 9.88 Å². The lowest BCUT2D eigenvalue weighted by Crippen LogP contribution is -2.44. The van der Waals surface area contributed by atoms with Crippen LogP contribution in [0.3, 0.4) is 0 Å². The normalized spacial score (nSPS) is 17.5. The molecule has 1 aromatic rings. The van der Waals surface area contributed by atoms with Gasteiger partial charge < -0.3 is 5.32 Å². The summed E-state index contributed by atoms with van der Waals surface area (Å²) in [4.78, 5) is 18.5. The summed E-state index contributed by atoms with van der Waals surface area (Å²) in [5, 5.41) is 3.39. The molecule has 0 radical (unpaired) electrons.